The molecule has 0 fully saturated rings. The first-order chi connectivity index (χ1) is 13.0. The summed E-state index contributed by atoms with van der Waals surface area (Å²) in [7, 11) is 3.32. The molecule has 2 aromatic carbocycles. The van der Waals surface area contributed by atoms with Crippen molar-refractivity contribution < 1.29 is 18.0 Å². The number of rotatable bonds is 2. The van der Waals surface area contributed by atoms with Gasteiger partial charge in [-0.15, -0.1) is 0 Å². The summed E-state index contributed by atoms with van der Waals surface area (Å²) in [5.41, 5.74) is 1.16. The van der Waals surface area contributed by atoms with Crippen LogP contribution in [0.25, 0.3) is 10.9 Å². The molecule has 1 aromatic heterocycles. The van der Waals surface area contributed by atoms with E-state index in [1.165, 1.54) is 11.9 Å². The van der Waals surface area contributed by atoms with E-state index in [-0.39, 0.29) is 15.2 Å². The number of benzene rings is 2. The molecule has 0 aliphatic heterocycles. The minimum absolute atomic E-state index is 0.0163. The number of hydrogen-bond acceptors (Lipinski definition) is 2. The van der Waals surface area contributed by atoms with Crippen molar-refractivity contribution >= 4 is 55.8 Å². The Hall–Kier alpha value is -2.26. The van der Waals surface area contributed by atoms with Gasteiger partial charge < -0.3 is 5.32 Å². The Morgan fingerprint density at radius 1 is 1.29 bits per heavy atom. The molecule has 3 rings (SSSR count). The number of alkyl halides is 3. The Morgan fingerprint density at radius 3 is 2.61 bits per heavy atom. The average Bonchev–Trinajstić information content (AvgIpc) is 2.89. The molecule has 2 amide bonds. The Bertz CT molecular complexity index is 1080. The van der Waals surface area contributed by atoms with Crippen molar-refractivity contribution in [2.75, 3.05) is 17.3 Å². The number of amides is 2. The molecule has 0 aliphatic rings. The summed E-state index contributed by atoms with van der Waals surface area (Å²) < 4.78 is 40.8. The van der Waals surface area contributed by atoms with Crippen LogP contribution in [0, 0.1) is 6.92 Å². The normalized spacial score (nSPS) is 11.7. The van der Waals surface area contributed by atoms with Gasteiger partial charge in [0, 0.05) is 35.3 Å². The highest BCUT2D eigenvalue weighted by Crippen LogP contribution is 2.39. The highest BCUT2D eigenvalue weighted by Gasteiger charge is 2.34. The van der Waals surface area contributed by atoms with Gasteiger partial charge in [0.2, 0.25) is 0 Å². The SMILES string of the molecule is Cc1c2ccc(N(C)C(=O)Nc3cc(C(F)(F)F)c(Br)cc3Cl)cc2nn1C. The standard InChI is InChI=1S/C18H15BrClF3N4O/c1-9-11-5-4-10(6-15(11)25-27(9)3)26(2)17(28)24-16-7-12(18(21,22)23)13(19)8-14(16)20/h4-8H,1-3H3,(H,24,28). The minimum Gasteiger partial charge on any atom is -0.306 e. The van der Waals surface area contributed by atoms with E-state index in [0.29, 0.717) is 11.2 Å². The maximum atomic E-state index is 13.1. The van der Waals surface area contributed by atoms with Crippen LogP contribution in [-0.2, 0) is 13.2 Å². The maximum absolute atomic E-state index is 13.1. The Balaban J connectivity index is 1.89. The predicted octanol–water partition coefficient (Wildman–Crippen LogP) is 5.98. The number of aryl methyl sites for hydroxylation is 2. The van der Waals surface area contributed by atoms with Crippen LogP contribution < -0.4 is 10.2 Å². The number of aromatic nitrogens is 2. The number of carbonyl (C=O) groups is 1. The van der Waals surface area contributed by atoms with Crippen LogP contribution in [0.5, 0.6) is 0 Å². The molecule has 0 atom stereocenters. The van der Waals surface area contributed by atoms with Crippen LogP contribution >= 0.6 is 27.5 Å². The van der Waals surface area contributed by atoms with Gasteiger partial charge in [-0.3, -0.25) is 9.58 Å². The molecule has 0 saturated heterocycles. The highest BCUT2D eigenvalue weighted by molar-refractivity contribution is 9.10. The molecule has 0 radical (unpaired) electrons. The van der Waals surface area contributed by atoms with Gasteiger partial charge >= 0.3 is 12.2 Å². The lowest BCUT2D eigenvalue weighted by Crippen LogP contribution is -2.31. The van der Waals surface area contributed by atoms with E-state index < -0.39 is 17.8 Å². The Labute approximate surface area is 172 Å². The van der Waals surface area contributed by atoms with Crippen LogP contribution in [0.2, 0.25) is 5.02 Å². The second-order valence-electron chi connectivity index (χ2n) is 6.21. The van der Waals surface area contributed by atoms with E-state index in [0.717, 1.165) is 23.2 Å². The summed E-state index contributed by atoms with van der Waals surface area (Å²) in [6.07, 6.45) is -4.59. The van der Waals surface area contributed by atoms with Gasteiger partial charge in [0.05, 0.1) is 21.8 Å². The number of anilines is 2. The molecular formula is C18H15BrClF3N4O. The number of urea groups is 1. The summed E-state index contributed by atoms with van der Waals surface area (Å²) in [6, 6.07) is 6.56. The van der Waals surface area contributed by atoms with Gasteiger partial charge in [-0.25, -0.2) is 4.79 Å². The van der Waals surface area contributed by atoms with Gasteiger partial charge in [-0.2, -0.15) is 18.3 Å². The van der Waals surface area contributed by atoms with Crippen molar-refractivity contribution in [3.63, 3.8) is 0 Å². The lowest BCUT2D eigenvalue weighted by Gasteiger charge is -2.20. The van der Waals surface area contributed by atoms with Crippen molar-refractivity contribution in [2.24, 2.45) is 7.05 Å². The lowest BCUT2D eigenvalue weighted by molar-refractivity contribution is -0.138. The third-order valence-electron chi connectivity index (χ3n) is 4.41. The average molecular weight is 476 g/mol. The van der Waals surface area contributed by atoms with Crippen molar-refractivity contribution in [2.45, 2.75) is 13.1 Å². The fourth-order valence-electron chi connectivity index (χ4n) is 2.71. The first-order valence-electron chi connectivity index (χ1n) is 8.03. The summed E-state index contributed by atoms with van der Waals surface area (Å²) in [5, 5.41) is 7.72. The lowest BCUT2D eigenvalue weighted by atomic mass is 10.2. The quantitative estimate of drug-likeness (QED) is 0.495. The molecule has 3 aromatic rings. The fourth-order valence-corrected chi connectivity index (χ4v) is 3.62. The number of fused-ring (bicyclic) bond motifs is 1. The molecule has 0 aliphatic carbocycles. The molecule has 0 unspecified atom stereocenters. The maximum Gasteiger partial charge on any atom is 0.417 e. The molecule has 0 bridgehead atoms. The van der Waals surface area contributed by atoms with E-state index in [9.17, 15) is 18.0 Å². The van der Waals surface area contributed by atoms with E-state index in [2.05, 4.69) is 26.3 Å². The predicted molar refractivity (Wildman–Crippen MR) is 107 cm³/mol. The van der Waals surface area contributed by atoms with Crippen molar-refractivity contribution in [1.29, 1.82) is 0 Å². The molecule has 5 nitrogen and oxygen atoms in total. The zero-order chi connectivity index (χ0) is 20.8. The van der Waals surface area contributed by atoms with Crippen molar-refractivity contribution in [3.8, 4) is 0 Å². The van der Waals surface area contributed by atoms with E-state index in [1.54, 1.807) is 16.8 Å². The Morgan fingerprint density at radius 2 is 1.96 bits per heavy atom. The number of carbonyl (C=O) groups excluding carboxylic acids is 1. The number of nitrogens with zero attached hydrogens (tertiary/aromatic N) is 3. The number of nitrogens with one attached hydrogen (secondary N) is 1. The largest absolute Gasteiger partial charge is 0.417 e. The molecule has 1 N–H and O–H groups in total. The molecule has 28 heavy (non-hydrogen) atoms. The summed E-state index contributed by atoms with van der Waals surface area (Å²) >= 11 is 8.84. The third-order valence-corrected chi connectivity index (χ3v) is 5.38. The van der Waals surface area contributed by atoms with E-state index in [1.807, 2.05) is 20.0 Å². The number of halogens is 5. The monoisotopic (exact) mass is 474 g/mol. The van der Waals surface area contributed by atoms with Crippen LogP contribution in [0.3, 0.4) is 0 Å². The zero-order valence-electron chi connectivity index (χ0n) is 15.0. The van der Waals surface area contributed by atoms with Crippen LogP contribution in [0.15, 0.2) is 34.8 Å². The van der Waals surface area contributed by atoms with E-state index in [4.69, 9.17) is 11.6 Å². The summed E-state index contributed by atoms with van der Waals surface area (Å²) in [4.78, 5) is 13.8. The first kappa shape index (κ1) is 20.5. The summed E-state index contributed by atoms with van der Waals surface area (Å²) in [6.45, 7) is 1.93. The van der Waals surface area contributed by atoms with Gasteiger partial charge in [0.15, 0.2) is 0 Å². The van der Waals surface area contributed by atoms with Gasteiger partial charge in [0.25, 0.3) is 0 Å². The smallest absolute Gasteiger partial charge is 0.306 e. The number of hydrogen-bond donors (Lipinski definition) is 1. The second kappa shape index (κ2) is 7.29. The molecule has 10 heteroatoms. The van der Waals surface area contributed by atoms with Crippen LogP contribution in [-0.4, -0.2) is 22.9 Å². The first-order valence-corrected chi connectivity index (χ1v) is 9.20. The molecule has 1 heterocycles. The second-order valence-corrected chi connectivity index (χ2v) is 7.47. The minimum atomic E-state index is -4.59. The van der Waals surface area contributed by atoms with Crippen LogP contribution in [0.4, 0.5) is 29.3 Å². The molecular weight excluding hydrogens is 461 g/mol. The van der Waals surface area contributed by atoms with Crippen molar-refractivity contribution in [1.82, 2.24) is 9.78 Å². The highest BCUT2D eigenvalue weighted by atomic mass is 79.9. The topological polar surface area (TPSA) is 50.2 Å². The van der Waals surface area contributed by atoms with Gasteiger partial charge in [0.1, 0.15) is 0 Å². The fraction of sp³-hybridized carbons (Fsp3) is 0.222. The van der Waals surface area contributed by atoms with Gasteiger partial charge in [-0.05, 0) is 37.3 Å². The van der Waals surface area contributed by atoms with Crippen LogP contribution in [0.1, 0.15) is 11.3 Å². The third kappa shape index (κ3) is 3.81. The van der Waals surface area contributed by atoms with Crippen molar-refractivity contribution in [3.05, 3.63) is 51.1 Å². The summed E-state index contributed by atoms with van der Waals surface area (Å²) in [5.74, 6) is 0. The van der Waals surface area contributed by atoms with Gasteiger partial charge in [-0.1, -0.05) is 27.5 Å². The molecule has 0 saturated carbocycles. The zero-order valence-corrected chi connectivity index (χ0v) is 17.4. The molecule has 148 valence electrons. The van der Waals surface area contributed by atoms with E-state index >= 15 is 0 Å². The Kier molecular flexibility index (Phi) is 5.33. The molecule has 0 spiro atoms.